The summed E-state index contributed by atoms with van der Waals surface area (Å²) >= 11 is 0. The van der Waals surface area contributed by atoms with Crippen molar-refractivity contribution < 1.29 is 25.0 Å². The molecule has 1 aromatic carbocycles. The summed E-state index contributed by atoms with van der Waals surface area (Å²) in [4.78, 5) is 23.0. The molecule has 2 aromatic heterocycles. The number of nitro groups is 1. The fraction of sp³-hybridized carbons (Fsp3) is 0.353. The minimum atomic E-state index is -1.26. The molecule has 0 amide bonds. The molecule has 1 saturated heterocycles. The SMILES string of the molecule is O=[N+]([O-])c1cccc(CNc2ncnc3c2ncn3[C@@H]2O[C@H](CO)[C@@H](O)[C@H]2O)c1. The molecule has 29 heavy (non-hydrogen) atoms. The molecule has 1 aliphatic heterocycles. The molecule has 1 aliphatic rings. The highest BCUT2D eigenvalue weighted by atomic mass is 16.6. The van der Waals surface area contributed by atoms with Crippen molar-refractivity contribution in [2.24, 2.45) is 0 Å². The van der Waals surface area contributed by atoms with Gasteiger partial charge in [-0.15, -0.1) is 0 Å². The summed E-state index contributed by atoms with van der Waals surface area (Å²) in [6, 6.07) is 6.22. The molecule has 12 nitrogen and oxygen atoms in total. The first-order valence-corrected chi connectivity index (χ1v) is 8.76. The summed E-state index contributed by atoms with van der Waals surface area (Å²) in [7, 11) is 0. The van der Waals surface area contributed by atoms with E-state index in [0.717, 1.165) is 0 Å². The summed E-state index contributed by atoms with van der Waals surface area (Å²) in [5.41, 5.74) is 1.44. The molecule has 0 aliphatic carbocycles. The maximum absolute atomic E-state index is 10.9. The van der Waals surface area contributed by atoms with Gasteiger partial charge < -0.3 is 25.4 Å². The van der Waals surface area contributed by atoms with E-state index in [1.54, 1.807) is 12.1 Å². The molecule has 4 N–H and O–H groups in total. The third kappa shape index (κ3) is 3.49. The molecule has 0 saturated carbocycles. The average molecular weight is 402 g/mol. The summed E-state index contributed by atoms with van der Waals surface area (Å²) < 4.78 is 6.98. The number of rotatable bonds is 6. The minimum Gasteiger partial charge on any atom is -0.394 e. The van der Waals surface area contributed by atoms with Gasteiger partial charge in [0.1, 0.15) is 24.6 Å². The van der Waals surface area contributed by atoms with Gasteiger partial charge in [-0.3, -0.25) is 14.7 Å². The molecule has 3 aromatic rings. The molecule has 0 bridgehead atoms. The first-order chi connectivity index (χ1) is 14.0. The van der Waals surface area contributed by atoms with Crippen LogP contribution in [0.3, 0.4) is 0 Å². The standard InChI is InChI=1S/C17H18N6O6/c24-6-11-13(25)14(26)17(29-11)22-8-21-12-15(19-7-20-16(12)22)18-5-9-2-1-3-10(4-9)23(27)28/h1-4,7-8,11,13-14,17,24-26H,5-6H2,(H,18,19,20)/t11-,13-,14-,17-/m1/s1. The topological polar surface area (TPSA) is 169 Å². The van der Waals surface area contributed by atoms with E-state index in [9.17, 15) is 25.4 Å². The number of aliphatic hydroxyl groups is 3. The van der Waals surface area contributed by atoms with Crippen molar-refractivity contribution in [3.05, 3.63) is 52.6 Å². The third-order valence-electron chi connectivity index (χ3n) is 4.73. The zero-order chi connectivity index (χ0) is 20.5. The van der Waals surface area contributed by atoms with E-state index in [4.69, 9.17) is 4.74 Å². The fourth-order valence-electron chi connectivity index (χ4n) is 3.24. The first-order valence-electron chi connectivity index (χ1n) is 8.76. The van der Waals surface area contributed by atoms with Crippen LogP contribution in [0.4, 0.5) is 11.5 Å². The van der Waals surface area contributed by atoms with Gasteiger partial charge in [0, 0.05) is 18.7 Å². The Morgan fingerprint density at radius 3 is 2.79 bits per heavy atom. The molecule has 0 spiro atoms. The van der Waals surface area contributed by atoms with Gasteiger partial charge in [0.05, 0.1) is 17.9 Å². The first kappa shape index (κ1) is 19.1. The van der Waals surface area contributed by atoms with E-state index in [2.05, 4.69) is 20.3 Å². The number of nitro benzene ring substituents is 1. The number of imidazole rings is 1. The average Bonchev–Trinajstić information content (AvgIpc) is 3.28. The second kappa shape index (κ2) is 7.67. The monoisotopic (exact) mass is 402 g/mol. The van der Waals surface area contributed by atoms with Crippen molar-refractivity contribution in [1.29, 1.82) is 0 Å². The van der Waals surface area contributed by atoms with Crippen LogP contribution in [0.25, 0.3) is 11.2 Å². The smallest absolute Gasteiger partial charge is 0.269 e. The highest BCUT2D eigenvalue weighted by molar-refractivity contribution is 5.82. The highest BCUT2D eigenvalue weighted by Crippen LogP contribution is 2.32. The number of anilines is 1. The lowest BCUT2D eigenvalue weighted by Gasteiger charge is -2.16. The number of aromatic nitrogens is 4. The van der Waals surface area contributed by atoms with Crippen molar-refractivity contribution in [2.45, 2.75) is 31.1 Å². The van der Waals surface area contributed by atoms with E-state index in [1.807, 2.05) is 0 Å². The van der Waals surface area contributed by atoms with Crippen LogP contribution in [0.1, 0.15) is 11.8 Å². The number of nitrogens with zero attached hydrogens (tertiary/aromatic N) is 5. The summed E-state index contributed by atoms with van der Waals surface area (Å²) in [6.07, 6.45) is -1.68. The molecule has 0 unspecified atom stereocenters. The van der Waals surface area contributed by atoms with Gasteiger partial charge in [0.15, 0.2) is 23.2 Å². The van der Waals surface area contributed by atoms with Gasteiger partial charge >= 0.3 is 0 Å². The predicted molar refractivity (Wildman–Crippen MR) is 98.8 cm³/mol. The molecule has 152 valence electrons. The van der Waals surface area contributed by atoms with Crippen molar-refractivity contribution in [1.82, 2.24) is 19.5 Å². The Morgan fingerprint density at radius 1 is 1.24 bits per heavy atom. The minimum absolute atomic E-state index is 0.00854. The zero-order valence-corrected chi connectivity index (χ0v) is 15.0. The van der Waals surface area contributed by atoms with E-state index in [-0.39, 0.29) is 12.2 Å². The second-order valence-electron chi connectivity index (χ2n) is 6.56. The number of non-ortho nitro benzene ring substituents is 1. The maximum atomic E-state index is 10.9. The Balaban J connectivity index is 1.58. The molecule has 4 atom stereocenters. The number of fused-ring (bicyclic) bond motifs is 1. The van der Waals surface area contributed by atoms with E-state index < -0.39 is 36.1 Å². The lowest BCUT2D eigenvalue weighted by molar-refractivity contribution is -0.384. The normalized spacial score (nSPS) is 24.1. The van der Waals surface area contributed by atoms with Crippen molar-refractivity contribution >= 4 is 22.7 Å². The molecular weight excluding hydrogens is 384 g/mol. The van der Waals surface area contributed by atoms with Crippen molar-refractivity contribution in [2.75, 3.05) is 11.9 Å². The molecule has 12 heteroatoms. The van der Waals surface area contributed by atoms with Crippen LogP contribution < -0.4 is 5.32 Å². The summed E-state index contributed by atoms with van der Waals surface area (Å²) in [5.74, 6) is 0.395. The molecule has 1 fully saturated rings. The van der Waals surface area contributed by atoms with E-state index in [1.165, 1.54) is 29.4 Å². The van der Waals surface area contributed by atoms with Gasteiger partial charge in [-0.1, -0.05) is 12.1 Å². The highest BCUT2D eigenvalue weighted by Gasteiger charge is 2.44. The van der Waals surface area contributed by atoms with Crippen LogP contribution in [-0.4, -0.2) is 64.7 Å². The molecule has 0 radical (unpaired) electrons. The zero-order valence-electron chi connectivity index (χ0n) is 15.0. The Hall–Kier alpha value is -3.19. The Kier molecular flexibility index (Phi) is 5.07. The fourth-order valence-corrected chi connectivity index (χ4v) is 3.24. The van der Waals surface area contributed by atoms with Crippen LogP contribution in [0.2, 0.25) is 0 Å². The number of nitrogens with one attached hydrogen (secondary N) is 1. The maximum Gasteiger partial charge on any atom is 0.269 e. The van der Waals surface area contributed by atoms with Crippen LogP contribution in [-0.2, 0) is 11.3 Å². The molecule has 4 rings (SSSR count). The Labute approximate surface area is 163 Å². The largest absolute Gasteiger partial charge is 0.394 e. The van der Waals surface area contributed by atoms with Crippen LogP contribution in [0.15, 0.2) is 36.9 Å². The Morgan fingerprint density at radius 2 is 2.07 bits per heavy atom. The second-order valence-corrected chi connectivity index (χ2v) is 6.56. The van der Waals surface area contributed by atoms with Gasteiger partial charge in [0.25, 0.3) is 5.69 Å². The lowest BCUT2D eigenvalue weighted by Crippen LogP contribution is -2.33. The van der Waals surface area contributed by atoms with Crippen molar-refractivity contribution in [3.8, 4) is 0 Å². The number of ether oxygens (including phenoxy) is 1. The summed E-state index contributed by atoms with van der Waals surface area (Å²) in [6.45, 7) is -0.166. The quantitative estimate of drug-likeness (QED) is 0.324. The van der Waals surface area contributed by atoms with Crippen molar-refractivity contribution in [3.63, 3.8) is 0 Å². The predicted octanol–water partition coefficient (Wildman–Crippen LogP) is -0.0419. The lowest BCUT2D eigenvalue weighted by atomic mass is 10.1. The number of aliphatic hydroxyl groups excluding tert-OH is 3. The van der Waals surface area contributed by atoms with Crippen LogP contribution in [0, 0.1) is 10.1 Å². The van der Waals surface area contributed by atoms with Gasteiger partial charge in [-0.25, -0.2) is 15.0 Å². The third-order valence-corrected chi connectivity index (χ3v) is 4.73. The number of benzene rings is 1. The van der Waals surface area contributed by atoms with Crippen LogP contribution >= 0.6 is 0 Å². The molecular formula is C17H18N6O6. The number of hydrogen-bond donors (Lipinski definition) is 4. The number of hydrogen-bond acceptors (Lipinski definition) is 10. The van der Waals surface area contributed by atoms with Crippen LogP contribution in [0.5, 0.6) is 0 Å². The van der Waals surface area contributed by atoms with Gasteiger partial charge in [-0.05, 0) is 5.56 Å². The Bertz CT molecular complexity index is 1040. The van der Waals surface area contributed by atoms with Gasteiger partial charge in [0.2, 0.25) is 0 Å². The summed E-state index contributed by atoms with van der Waals surface area (Å²) in [5, 5.41) is 43.4. The van der Waals surface area contributed by atoms with Gasteiger partial charge in [-0.2, -0.15) is 0 Å². The van der Waals surface area contributed by atoms with E-state index in [0.29, 0.717) is 22.5 Å². The molecule has 3 heterocycles. The van der Waals surface area contributed by atoms with E-state index >= 15 is 0 Å².